The Morgan fingerprint density at radius 2 is 1.47 bits per heavy atom. The molecule has 0 saturated heterocycles. The van der Waals surface area contributed by atoms with E-state index in [9.17, 15) is 4.39 Å². The Kier molecular flexibility index (Phi) is 26.5. The lowest BCUT2D eigenvalue weighted by Crippen LogP contribution is -2.05. The van der Waals surface area contributed by atoms with Crippen LogP contribution in [0.2, 0.25) is 0 Å². The van der Waals surface area contributed by atoms with Gasteiger partial charge in [0.05, 0.1) is 0 Å². The molecule has 1 heteroatoms. The van der Waals surface area contributed by atoms with Gasteiger partial charge in [-0.25, -0.2) is 4.39 Å². The predicted octanol–water partition coefficient (Wildman–Crippen LogP) is 6.00. The molecule has 0 N–H and O–H groups in total. The van der Waals surface area contributed by atoms with Crippen molar-refractivity contribution in [1.82, 2.24) is 0 Å². The Labute approximate surface area is 97.7 Å². The van der Waals surface area contributed by atoms with E-state index in [4.69, 9.17) is 0 Å². The zero-order valence-electron chi connectivity index (χ0n) is 12.1. The van der Waals surface area contributed by atoms with Gasteiger partial charge in [0.15, 0.2) is 0 Å². The van der Waals surface area contributed by atoms with Crippen LogP contribution in [0.4, 0.5) is 4.39 Å². The lowest BCUT2D eigenvalue weighted by Gasteiger charge is -2.12. The molecule has 0 aromatic heterocycles. The predicted molar refractivity (Wildman–Crippen MR) is 71.2 cm³/mol. The largest absolute Gasteiger partial charge is 0.247 e. The first kappa shape index (κ1) is 20.4. The molecule has 0 spiro atoms. The van der Waals surface area contributed by atoms with Crippen LogP contribution < -0.4 is 0 Å². The number of hydrogen-bond acceptors (Lipinski definition) is 0. The third kappa shape index (κ3) is 20.1. The molecule has 0 rings (SSSR count). The number of hydrogen-bond donors (Lipinski definition) is 0. The van der Waals surface area contributed by atoms with Gasteiger partial charge in [0.25, 0.3) is 0 Å². The fourth-order valence-corrected chi connectivity index (χ4v) is 1.27. The average Bonchev–Trinajstić information content (AvgIpc) is 2.31. The first-order valence-corrected chi connectivity index (χ1v) is 6.84. The van der Waals surface area contributed by atoms with Crippen molar-refractivity contribution in [3.63, 3.8) is 0 Å². The van der Waals surface area contributed by atoms with Gasteiger partial charge in [-0.1, -0.05) is 67.7 Å². The maximum Gasteiger partial charge on any atom is 0.100 e. The van der Waals surface area contributed by atoms with Crippen LogP contribution in [0.25, 0.3) is 0 Å². The van der Waals surface area contributed by atoms with E-state index in [-0.39, 0.29) is 0 Å². The molecule has 0 bridgehead atoms. The summed E-state index contributed by atoms with van der Waals surface area (Å²) in [5, 5.41) is 0. The summed E-state index contributed by atoms with van der Waals surface area (Å²) >= 11 is 0. The van der Waals surface area contributed by atoms with Crippen molar-refractivity contribution in [3.8, 4) is 0 Å². The average molecular weight is 220 g/mol. The van der Waals surface area contributed by atoms with Gasteiger partial charge in [0, 0.05) is 0 Å². The summed E-state index contributed by atoms with van der Waals surface area (Å²) in [7, 11) is 0. The first-order valence-electron chi connectivity index (χ1n) is 6.84. The van der Waals surface area contributed by atoms with Crippen molar-refractivity contribution in [2.75, 3.05) is 0 Å². The molecular weight excluding hydrogens is 187 g/mol. The summed E-state index contributed by atoms with van der Waals surface area (Å²) in [6, 6.07) is 0. The number of unbranched alkanes of at least 4 members (excludes halogenated alkanes) is 1. The van der Waals surface area contributed by atoms with Crippen molar-refractivity contribution in [1.29, 1.82) is 0 Å². The molecule has 2 unspecified atom stereocenters. The Morgan fingerprint density at radius 3 is 1.80 bits per heavy atom. The Bertz CT molecular complexity index is 81.4. The van der Waals surface area contributed by atoms with E-state index in [2.05, 4.69) is 13.8 Å². The molecule has 0 heterocycles. The summed E-state index contributed by atoms with van der Waals surface area (Å²) in [6.45, 7) is 14.2. The van der Waals surface area contributed by atoms with Crippen LogP contribution in [0.15, 0.2) is 0 Å². The van der Waals surface area contributed by atoms with Crippen LogP contribution in [-0.4, -0.2) is 6.17 Å². The van der Waals surface area contributed by atoms with Crippen molar-refractivity contribution in [2.24, 2.45) is 5.92 Å². The highest BCUT2D eigenvalue weighted by Crippen LogP contribution is 2.17. The van der Waals surface area contributed by atoms with Crippen LogP contribution in [0.1, 0.15) is 80.6 Å². The van der Waals surface area contributed by atoms with Gasteiger partial charge in [-0.15, -0.1) is 0 Å². The first-order chi connectivity index (χ1) is 7.20. The monoisotopic (exact) mass is 220 g/mol. The molecule has 0 aliphatic carbocycles. The Morgan fingerprint density at radius 1 is 1.00 bits per heavy atom. The van der Waals surface area contributed by atoms with Crippen LogP contribution in [0, 0.1) is 5.92 Å². The van der Waals surface area contributed by atoms with E-state index in [1.807, 2.05) is 34.6 Å². The third-order valence-electron chi connectivity index (χ3n) is 2.15. The van der Waals surface area contributed by atoms with E-state index in [0.717, 1.165) is 6.42 Å². The molecule has 0 saturated carbocycles. The van der Waals surface area contributed by atoms with Crippen molar-refractivity contribution in [3.05, 3.63) is 0 Å². The van der Waals surface area contributed by atoms with Gasteiger partial charge >= 0.3 is 0 Å². The number of halogens is 1. The molecule has 15 heavy (non-hydrogen) atoms. The van der Waals surface area contributed by atoms with Gasteiger partial charge < -0.3 is 0 Å². The number of alkyl halides is 1. The van der Waals surface area contributed by atoms with Crippen molar-refractivity contribution >= 4 is 0 Å². The maximum absolute atomic E-state index is 12.8. The van der Waals surface area contributed by atoms with Crippen molar-refractivity contribution < 1.29 is 4.39 Å². The van der Waals surface area contributed by atoms with E-state index >= 15 is 0 Å². The summed E-state index contributed by atoms with van der Waals surface area (Å²) in [5.74, 6) is 0.574. The highest BCUT2D eigenvalue weighted by molar-refractivity contribution is 4.60. The molecule has 0 aromatic rings. The summed E-state index contributed by atoms with van der Waals surface area (Å²) < 4.78 is 12.8. The fourth-order valence-electron chi connectivity index (χ4n) is 1.27. The topological polar surface area (TPSA) is 0 Å². The Balaban J connectivity index is -0.000000318. The molecule has 96 valence electrons. The van der Waals surface area contributed by atoms with E-state index in [1.54, 1.807) is 0 Å². The lowest BCUT2D eigenvalue weighted by molar-refractivity contribution is 0.260. The minimum atomic E-state index is -0.568. The summed E-state index contributed by atoms with van der Waals surface area (Å²) in [5.41, 5.74) is 0. The molecule has 0 nitrogen and oxygen atoms in total. The molecule has 2 atom stereocenters. The number of rotatable bonds is 6. The molecule has 0 aromatic carbocycles. The van der Waals surface area contributed by atoms with Gasteiger partial charge in [0.2, 0.25) is 0 Å². The fraction of sp³-hybridized carbons (Fsp3) is 1.00. The van der Waals surface area contributed by atoms with E-state index in [0.29, 0.717) is 12.3 Å². The highest BCUT2D eigenvalue weighted by atomic mass is 19.1. The van der Waals surface area contributed by atoms with Crippen LogP contribution in [0.5, 0.6) is 0 Å². The van der Waals surface area contributed by atoms with Gasteiger partial charge in [-0.2, -0.15) is 0 Å². The lowest BCUT2D eigenvalue weighted by atomic mass is 9.97. The second kappa shape index (κ2) is 19.5. The van der Waals surface area contributed by atoms with Crippen LogP contribution >= 0.6 is 0 Å². The van der Waals surface area contributed by atoms with Gasteiger partial charge in [0.1, 0.15) is 6.17 Å². The standard InChI is InChI=1S/C10H21F.2C2H6/c1-4-6-7-9(3)8-10(11)5-2;2*1-2/h9-10H,4-8H2,1-3H3;2*1-2H3. The molecular formula is C14H33F. The highest BCUT2D eigenvalue weighted by Gasteiger charge is 2.08. The van der Waals surface area contributed by atoms with Crippen LogP contribution in [-0.2, 0) is 0 Å². The molecule has 0 fully saturated rings. The zero-order valence-corrected chi connectivity index (χ0v) is 12.1. The SMILES string of the molecule is CC.CC.CCCCC(C)CC(F)CC. The molecule has 0 radical (unpaired) electrons. The minimum absolute atomic E-state index is 0.568. The third-order valence-corrected chi connectivity index (χ3v) is 2.15. The normalized spacial score (nSPS) is 12.8. The van der Waals surface area contributed by atoms with Gasteiger partial charge in [-0.05, 0) is 18.8 Å². The second-order valence-electron chi connectivity index (χ2n) is 3.49. The van der Waals surface area contributed by atoms with E-state index < -0.39 is 6.17 Å². The zero-order chi connectivity index (χ0) is 12.7. The molecule has 0 aliphatic heterocycles. The molecule has 0 amide bonds. The quantitative estimate of drug-likeness (QED) is 0.514. The van der Waals surface area contributed by atoms with E-state index in [1.165, 1.54) is 19.3 Å². The summed E-state index contributed by atoms with van der Waals surface area (Å²) in [4.78, 5) is 0. The van der Waals surface area contributed by atoms with Gasteiger partial charge in [-0.3, -0.25) is 0 Å². The minimum Gasteiger partial charge on any atom is -0.247 e. The summed E-state index contributed by atoms with van der Waals surface area (Å²) in [6.07, 6.45) is 4.54. The smallest absolute Gasteiger partial charge is 0.100 e. The maximum atomic E-state index is 12.8. The second-order valence-corrected chi connectivity index (χ2v) is 3.49. The Hall–Kier alpha value is -0.0700. The molecule has 0 aliphatic rings. The van der Waals surface area contributed by atoms with Crippen LogP contribution in [0.3, 0.4) is 0 Å². The van der Waals surface area contributed by atoms with Crippen molar-refractivity contribution in [2.45, 2.75) is 86.7 Å².